The topological polar surface area (TPSA) is 109 Å². The monoisotopic (exact) mass is 473 g/mol. The van der Waals surface area contributed by atoms with Crippen LogP contribution < -0.4 is 10.3 Å². The van der Waals surface area contributed by atoms with Gasteiger partial charge >= 0.3 is 0 Å². The van der Waals surface area contributed by atoms with E-state index in [9.17, 15) is 9.90 Å². The van der Waals surface area contributed by atoms with Crippen molar-refractivity contribution in [2.45, 2.75) is 33.9 Å². The van der Waals surface area contributed by atoms with Crippen molar-refractivity contribution in [3.8, 4) is 5.00 Å². The molecule has 1 aliphatic rings. The molecule has 1 amide bonds. The summed E-state index contributed by atoms with van der Waals surface area (Å²) in [4.78, 5) is 16.7. The second-order valence-corrected chi connectivity index (χ2v) is 9.19. The van der Waals surface area contributed by atoms with Crippen molar-refractivity contribution in [2.75, 3.05) is 10.3 Å². The van der Waals surface area contributed by atoms with Crippen LogP contribution in [0.25, 0.3) is 5.00 Å². The fourth-order valence-electron chi connectivity index (χ4n) is 4.01. The summed E-state index contributed by atoms with van der Waals surface area (Å²) < 4.78 is 1.99. The van der Waals surface area contributed by atoms with Crippen molar-refractivity contribution in [2.24, 2.45) is 5.10 Å². The maximum atomic E-state index is 11.5. The Bertz CT molecular complexity index is 1390. The smallest absolute Gasteiger partial charge is 0.253 e. The van der Waals surface area contributed by atoms with Gasteiger partial charge in [0.2, 0.25) is 5.91 Å². The number of anilines is 2. The maximum absolute atomic E-state index is 11.5. The normalized spacial score (nSPS) is 12.6. The van der Waals surface area contributed by atoms with Crippen LogP contribution in [0.2, 0.25) is 0 Å². The van der Waals surface area contributed by atoms with E-state index in [1.54, 1.807) is 23.7 Å². The summed E-state index contributed by atoms with van der Waals surface area (Å²) in [6.45, 7) is 5.71. The van der Waals surface area contributed by atoms with E-state index in [4.69, 9.17) is 5.10 Å². The number of amides is 1. The van der Waals surface area contributed by atoms with E-state index >= 15 is 0 Å². The van der Waals surface area contributed by atoms with Crippen molar-refractivity contribution in [3.63, 3.8) is 0 Å². The molecule has 9 nitrogen and oxygen atoms in total. The van der Waals surface area contributed by atoms with Crippen LogP contribution in [0.4, 0.5) is 11.6 Å². The highest BCUT2D eigenvalue weighted by Crippen LogP contribution is 2.39. The Hall–Kier alpha value is -3.89. The van der Waals surface area contributed by atoms with Gasteiger partial charge in [0.1, 0.15) is 16.5 Å². The number of fused-ring (bicyclic) bond motifs is 3. The summed E-state index contributed by atoms with van der Waals surface area (Å²) in [5, 5.41) is 29.6. The molecule has 10 heteroatoms. The quantitative estimate of drug-likeness (QED) is 0.459. The molecule has 4 aromatic rings. The molecule has 172 valence electrons. The van der Waals surface area contributed by atoms with Gasteiger partial charge in [0.25, 0.3) is 5.95 Å². The number of aryl methyl sites for hydroxylation is 2. The van der Waals surface area contributed by atoms with Crippen molar-refractivity contribution >= 4 is 34.6 Å². The number of aromatic nitrogens is 4. The van der Waals surface area contributed by atoms with Gasteiger partial charge in [0, 0.05) is 46.6 Å². The molecule has 0 spiro atoms. The number of pyridine rings is 1. The number of hydrogen-bond donors (Lipinski definition) is 2. The summed E-state index contributed by atoms with van der Waals surface area (Å²) in [6.07, 6.45) is 3.53. The molecule has 0 fully saturated rings. The molecule has 4 heterocycles. The molecule has 0 saturated heterocycles. The molecule has 0 aliphatic carbocycles. The highest BCUT2D eigenvalue weighted by Gasteiger charge is 2.31. The Labute approximate surface area is 200 Å². The van der Waals surface area contributed by atoms with E-state index in [2.05, 4.69) is 20.5 Å². The van der Waals surface area contributed by atoms with Crippen LogP contribution in [0.5, 0.6) is 0 Å². The van der Waals surface area contributed by atoms with Gasteiger partial charge in [-0.05, 0) is 37.6 Å². The van der Waals surface area contributed by atoms with Crippen LogP contribution in [0.3, 0.4) is 0 Å². The molecule has 2 N–H and O–H groups in total. The largest absolute Gasteiger partial charge is 0.392 e. The maximum Gasteiger partial charge on any atom is 0.253 e. The molecular weight excluding hydrogens is 450 g/mol. The lowest BCUT2D eigenvalue weighted by Crippen LogP contribution is -2.21. The fourth-order valence-corrected chi connectivity index (χ4v) is 5.22. The lowest BCUT2D eigenvalue weighted by Gasteiger charge is -2.18. The number of aliphatic hydroxyl groups excluding tert-OH is 1. The molecule has 0 unspecified atom stereocenters. The number of thiophene rings is 1. The Morgan fingerprint density at radius 2 is 1.94 bits per heavy atom. The summed E-state index contributed by atoms with van der Waals surface area (Å²) in [5.74, 6) is 1.20. The number of hydrogen-bond acceptors (Lipinski definition) is 8. The van der Waals surface area contributed by atoms with Gasteiger partial charge in [-0.3, -0.25) is 14.3 Å². The molecule has 1 aliphatic heterocycles. The van der Waals surface area contributed by atoms with E-state index in [1.807, 2.05) is 59.8 Å². The molecule has 3 aromatic heterocycles. The Kier molecular flexibility index (Phi) is 5.68. The van der Waals surface area contributed by atoms with Crippen LogP contribution in [0.15, 0.2) is 53.9 Å². The van der Waals surface area contributed by atoms with E-state index in [1.165, 1.54) is 6.92 Å². The lowest BCUT2D eigenvalue weighted by atomic mass is 9.99. The molecular formula is C24H23N7O2S. The highest BCUT2D eigenvalue weighted by atomic mass is 32.1. The number of carbonyl (C=O) groups excluding carboxylic acids is 1. The Morgan fingerprint density at radius 1 is 1.15 bits per heavy atom. The van der Waals surface area contributed by atoms with Gasteiger partial charge in [-0.1, -0.05) is 18.2 Å². The molecule has 0 atom stereocenters. The third kappa shape index (κ3) is 3.87. The van der Waals surface area contributed by atoms with Crippen LogP contribution in [0, 0.1) is 13.8 Å². The molecule has 5 rings (SSSR count). The zero-order chi connectivity index (χ0) is 23.8. The number of rotatable bonds is 5. The Balaban J connectivity index is 1.71. The van der Waals surface area contributed by atoms with Gasteiger partial charge in [0.15, 0.2) is 0 Å². The first-order chi connectivity index (χ1) is 16.5. The molecule has 34 heavy (non-hydrogen) atoms. The van der Waals surface area contributed by atoms with Gasteiger partial charge in [-0.15, -0.1) is 21.5 Å². The second kappa shape index (κ2) is 8.81. The molecule has 0 saturated carbocycles. The average Bonchev–Trinajstić information content (AvgIpc) is 3.32. The lowest BCUT2D eigenvalue weighted by molar-refractivity contribution is -0.114. The van der Waals surface area contributed by atoms with Gasteiger partial charge in [0.05, 0.1) is 13.2 Å². The van der Waals surface area contributed by atoms with Crippen molar-refractivity contribution < 1.29 is 9.90 Å². The minimum atomic E-state index is -0.131. The standard InChI is InChI=1S/C24H23N7O2S/c1-14-20(13-32)21-22(18-6-8-19(9-7-18)26-16(3)33)29-30(12-17-5-4-10-25-11-17)24-28-27-15(2)31(24)23(21)34-14/h4-11,32H,12-13H2,1-3H3,(H,26,33). The van der Waals surface area contributed by atoms with Gasteiger partial charge in [-0.2, -0.15) is 5.10 Å². The zero-order valence-electron chi connectivity index (χ0n) is 19.0. The minimum Gasteiger partial charge on any atom is -0.392 e. The number of aliphatic hydroxyl groups is 1. The predicted molar refractivity (Wildman–Crippen MR) is 131 cm³/mol. The number of benzene rings is 1. The number of nitrogens with zero attached hydrogens (tertiary/aromatic N) is 6. The van der Waals surface area contributed by atoms with E-state index in [0.717, 1.165) is 38.0 Å². The summed E-state index contributed by atoms with van der Waals surface area (Å²) >= 11 is 1.58. The third-order valence-electron chi connectivity index (χ3n) is 5.58. The molecule has 0 radical (unpaired) electrons. The van der Waals surface area contributed by atoms with Gasteiger partial charge < -0.3 is 10.4 Å². The van der Waals surface area contributed by atoms with Crippen molar-refractivity contribution in [1.82, 2.24) is 19.7 Å². The van der Waals surface area contributed by atoms with E-state index in [-0.39, 0.29) is 12.5 Å². The average molecular weight is 474 g/mol. The minimum absolute atomic E-state index is 0.111. The molecule has 0 bridgehead atoms. The van der Waals surface area contributed by atoms with Crippen molar-refractivity contribution in [1.29, 1.82) is 0 Å². The molecule has 1 aromatic carbocycles. The third-order valence-corrected chi connectivity index (χ3v) is 6.71. The summed E-state index contributed by atoms with van der Waals surface area (Å²) in [5.41, 5.74) is 4.93. The first kappa shape index (κ1) is 21.9. The van der Waals surface area contributed by atoms with Crippen LogP contribution in [-0.2, 0) is 17.9 Å². The first-order valence-electron chi connectivity index (χ1n) is 10.7. The van der Waals surface area contributed by atoms with Crippen LogP contribution >= 0.6 is 11.3 Å². The number of carbonyl (C=O) groups is 1. The highest BCUT2D eigenvalue weighted by molar-refractivity contribution is 7.15. The van der Waals surface area contributed by atoms with Crippen LogP contribution in [-0.4, -0.2) is 36.5 Å². The van der Waals surface area contributed by atoms with Crippen molar-refractivity contribution in [3.05, 3.63) is 81.7 Å². The summed E-state index contributed by atoms with van der Waals surface area (Å²) in [6, 6.07) is 11.4. The fraction of sp³-hybridized carbons (Fsp3) is 0.208. The van der Waals surface area contributed by atoms with E-state index in [0.29, 0.717) is 23.9 Å². The SMILES string of the molecule is CC(=O)Nc1ccc(C2=NN(Cc3cccnc3)c3nnc(C)n3-c3sc(C)c(CO)c32)cc1. The first-order valence-corrected chi connectivity index (χ1v) is 11.6. The second-order valence-electron chi connectivity index (χ2n) is 7.98. The van der Waals surface area contributed by atoms with Crippen LogP contribution in [0.1, 0.15) is 39.9 Å². The zero-order valence-corrected chi connectivity index (χ0v) is 19.8. The van der Waals surface area contributed by atoms with E-state index < -0.39 is 0 Å². The number of nitrogens with one attached hydrogen (secondary N) is 1. The Morgan fingerprint density at radius 3 is 2.62 bits per heavy atom. The van der Waals surface area contributed by atoms with Gasteiger partial charge in [-0.25, -0.2) is 5.01 Å². The summed E-state index contributed by atoms with van der Waals surface area (Å²) in [7, 11) is 0. The number of hydrazone groups is 1. The predicted octanol–water partition coefficient (Wildman–Crippen LogP) is 3.56.